The second kappa shape index (κ2) is 9.22. The van der Waals surface area contributed by atoms with Crippen LogP contribution >= 0.6 is 0 Å². The van der Waals surface area contributed by atoms with Crippen molar-refractivity contribution in [2.24, 2.45) is 5.92 Å². The zero-order chi connectivity index (χ0) is 20.0. The average Bonchev–Trinajstić information content (AvgIpc) is 2.65. The normalized spacial score (nSPS) is 17.1. The molecule has 0 radical (unpaired) electrons. The largest absolute Gasteiger partial charge is 0.465 e. The SMILES string of the molecule is COC(=O)c1cccc([N+](=O)[O-])c1CN1CCC[C@@H](C(=O)NC=[N+](C)C)C1. The first kappa shape index (κ1) is 20.5. The second-order valence-electron chi connectivity index (χ2n) is 6.73. The molecule has 1 N–H and O–H groups in total. The maximum Gasteiger partial charge on any atom is 0.338 e. The number of amides is 1. The van der Waals surface area contributed by atoms with Crippen LogP contribution in [0.3, 0.4) is 0 Å². The molecule has 0 saturated carbocycles. The van der Waals surface area contributed by atoms with Gasteiger partial charge in [-0.25, -0.2) is 14.9 Å². The number of nitrogens with one attached hydrogen (secondary N) is 1. The molecule has 9 heteroatoms. The smallest absolute Gasteiger partial charge is 0.338 e. The summed E-state index contributed by atoms with van der Waals surface area (Å²) in [6, 6.07) is 4.37. The standard InChI is InChI=1S/C18H24N4O5/c1-20(2)12-19-17(23)13-6-5-9-21(10-13)11-15-14(18(24)27-3)7-4-8-16(15)22(25)26/h4,7-8,12-13H,5-6,9-11H2,1-3H3/p+1/t13-/m1/s1. The van der Waals surface area contributed by atoms with Gasteiger partial charge < -0.3 is 4.74 Å². The van der Waals surface area contributed by atoms with Crippen LogP contribution in [0.2, 0.25) is 0 Å². The van der Waals surface area contributed by atoms with Gasteiger partial charge in [0.25, 0.3) is 5.69 Å². The second-order valence-corrected chi connectivity index (χ2v) is 6.73. The lowest BCUT2D eigenvalue weighted by Gasteiger charge is -2.31. The van der Waals surface area contributed by atoms with Gasteiger partial charge in [-0.15, -0.1) is 0 Å². The molecule has 1 saturated heterocycles. The monoisotopic (exact) mass is 377 g/mol. The molecule has 1 fully saturated rings. The summed E-state index contributed by atoms with van der Waals surface area (Å²) in [7, 11) is 4.88. The number of nitrogens with zero attached hydrogens (tertiary/aromatic N) is 3. The molecule has 1 atom stereocenters. The number of nitro benzene ring substituents is 1. The Balaban J connectivity index is 2.20. The lowest BCUT2D eigenvalue weighted by molar-refractivity contribution is -0.461. The molecule has 2 rings (SSSR count). The first-order valence-corrected chi connectivity index (χ1v) is 8.70. The summed E-state index contributed by atoms with van der Waals surface area (Å²) in [5.41, 5.74) is 0.375. The Hall–Kier alpha value is -2.81. The highest BCUT2D eigenvalue weighted by molar-refractivity contribution is 5.92. The molecule has 0 unspecified atom stereocenters. The molecule has 1 aliphatic heterocycles. The predicted octanol–water partition coefficient (Wildman–Crippen LogP) is 1.01. The lowest BCUT2D eigenvalue weighted by atomic mass is 9.96. The van der Waals surface area contributed by atoms with E-state index in [0.29, 0.717) is 18.7 Å². The molecule has 1 aliphatic rings. The highest BCUT2D eigenvalue weighted by atomic mass is 16.6. The number of nitro groups is 1. The molecular weight excluding hydrogens is 352 g/mol. The van der Waals surface area contributed by atoms with Crippen molar-refractivity contribution in [2.45, 2.75) is 19.4 Å². The fourth-order valence-electron chi connectivity index (χ4n) is 3.16. The summed E-state index contributed by atoms with van der Waals surface area (Å²) in [6.07, 6.45) is 3.15. The number of benzene rings is 1. The van der Waals surface area contributed by atoms with Crippen molar-refractivity contribution >= 4 is 23.9 Å². The number of likely N-dealkylation sites (tertiary alicyclic amines) is 1. The minimum Gasteiger partial charge on any atom is -0.465 e. The van der Waals surface area contributed by atoms with Gasteiger partial charge in [0.1, 0.15) is 0 Å². The Morgan fingerprint density at radius 3 is 2.78 bits per heavy atom. The van der Waals surface area contributed by atoms with Crippen LogP contribution in [-0.4, -0.2) is 66.9 Å². The number of esters is 1. The molecule has 27 heavy (non-hydrogen) atoms. The van der Waals surface area contributed by atoms with Crippen LogP contribution in [0.1, 0.15) is 28.8 Å². The quantitative estimate of drug-likeness (QED) is 0.198. The summed E-state index contributed by atoms with van der Waals surface area (Å²) in [4.78, 5) is 37.2. The van der Waals surface area contributed by atoms with Gasteiger partial charge in [-0.05, 0) is 25.5 Å². The van der Waals surface area contributed by atoms with Gasteiger partial charge in [-0.1, -0.05) is 6.07 Å². The van der Waals surface area contributed by atoms with Crippen LogP contribution in [0.25, 0.3) is 0 Å². The summed E-state index contributed by atoms with van der Waals surface area (Å²) >= 11 is 0. The van der Waals surface area contributed by atoms with E-state index in [0.717, 1.165) is 12.8 Å². The van der Waals surface area contributed by atoms with E-state index in [4.69, 9.17) is 4.74 Å². The predicted molar refractivity (Wildman–Crippen MR) is 98.8 cm³/mol. The molecule has 0 bridgehead atoms. The number of hydrogen-bond acceptors (Lipinski definition) is 6. The Morgan fingerprint density at radius 1 is 1.41 bits per heavy atom. The molecule has 146 valence electrons. The van der Waals surface area contributed by atoms with Crippen molar-refractivity contribution in [3.05, 3.63) is 39.4 Å². The van der Waals surface area contributed by atoms with E-state index in [1.165, 1.54) is 25.3 Å². The van der Waals surface area contributed by atoms with Crippen LogP contribution < -0.4 is 5.32 Å². The molecule has 9 nitrogen and oxygen atoms in total. The number of hydrogen-bond donors (Lipinski definition) is 1. The van der Waals surface area contributed by atoms with Gasteiger partial charge in [0.2, 0.25) is 6.34 Å². The van der Waals surface area contributed by atoms with Gasteiger partial charge in [0.05, 0.1) is 43.2 Å². The Morgan fingerprint density at radius 2 is 2.15 bits per heavy atom. The molecule has 0 spiro atoms. The summed E-state index contributed by atoms with van der Waals surface area (Å²) in [5, 5.41) is 14.2. The third-order valence-corrected chi connectivity index (χ3v) is 4.48. The number of methoxy groups -OCH3 is 1. The maximum absolute atomic E-state index is 12.3. The molecule has 1 aromatic carbocycles. The van der Waals surface area contributed by atoms with Crippen LogP contribution in [0.4, 0.5) is 5.69 Å². The third kappa shape index (κ3) is 5.33. The van der Waals surface area contributed by atoms with Crippen LogP contribution in [0, 0.1) is 16.0 Å². The van der Waals surface area contributed by atoms with E-state index in [9.17, 15) is 19.7 Å². The van der Waals surface area contributed by atoms with Crippen molar-refractivity contribution in [1.29, 1.82) is 0 Å². The van der Waals surface area contributed by atoms with Gasteiger partial charge >= 0.3 is 11.9 Å². The van der Waals surface area contributed by atoms with E-state index in [1.807, 2.05) is 19.0 Å². The van der Waals surface area contributed by atoms with Crippen LogP contribution in [-0.2, 0) is 16.1 Å². The lowest BCUT2D eigenvalue weighted by Crippen LogP contribution is -2.43. The molecule has 1 amide bonds. The van der Waals surface area contributed by atoms with Gasteiger partial charge in [0, 0.05) is 19.2 Å². The molecule has 1 heterocycles. The molecular formula is C18H25N4O5+. The fourth-order valence-corrected chi connectivity index (χ4v) is 3.16. The fraction of sp³-hybridized carbons (Fsp3) is 0.500. The molecule has 0 aliphatic carbocycles. The minimum atomic E-state index is -0.611. The number of carbonyl (C=O) groups excluding carboxylic acids is 2. The number of ether oxygens (including phenoxy) is 1. The first-order valence-electron chi connectivity index (χ1n) is 8.70. The van der Waals surface area contributed by atoms with Gasteiger partial charge in [-0.2, -0.15) is 0 Å². The van der Waals surface area contributed by atoms with E-state index < -0.39 is 10.9 Å². The Bertz CT molecular complexity index is 758. The summed E-state index contributed by atoms with van der Waals surface area (Å²) < 4.78 is 6.51. The highest BCUT2D eigenvalue weighted by Crippen LogP contribution is 2.27. The average molecular weight is 377 g/mol. The maximum atomic E-state index is 12.3. The van der Waals surface area contributed by atoms with Gasteiger partial charge in [-0.3, -0.25) is 19.6 Å². The van der Waals surface area contributed by atoms with Crippen molar-refractivity contribution in [1.82, 2.24) is 10.2 Å². The number of carbonyl (C=O) groups is 2. The van der Waals surface area contributed by atoms with Crippen LogP contribution in [0.15, 0.2) is 18.2 Å². The Kier molecular flexibility index (Phi) is 7.00. The van der Waals surface area contributed by atoms with Gasteiger partial charge in [0.15, 0.2) is 0 Å². The van der Waals surface area contributed by atoms with E-state index >= 15 is 0 Å². The van der Waals surface area contributed by atoms with E-state index in [-0.39, 0.29) is 29.6 Å². The van der Waals surface area contributed by atoms with Crippen molar-refractivity contribution in [2.75, 3.05) is 34.3 Å². The van der Waals surface area contributed by atoms with Crippen molar-refractivity contribution in [3.63, 3.8) is 0 Å². The minimum absolute atomic E-state index is 0.0795. The third-order valence-electron chi connectivity index (χ3n) is 4.48. The first-order chi connectivity index (χ1) is 12.8. The van der Waals surface area contributed by atoms with Crippen LogP contribution in [0.5, 0.6) is 0 Å². The van der Waals surface area contributed by atoms with E-state index in [1.54, 1.807) is 10.9 Å². The number of rotatable bonds is 6. The van der Waals surface area contributed by atoms with E-state index in [2.05, 4.69) is 5.32 Å². The zero-order valence-corrected chi connectivity index (χ0v) is 15.8. The van der Waals surface area contributed by atoms with Crippen molar-refractivity contribution in [3.8, 4) is 0 Å². The summed E-state index contributed by atoms with van der Waals surface area (Å²) in [6.45, 7) is 1.39. The van der Waals surface area contributed by atoms with Crippen molar-refractivity contribution < 1.29 is 23.8 Å². The topological polar surface area (TPSA) is 105 Å². The highest BCUT2D eigenvalue weighted by Gasteiger charge is 2.30. The molecule has 1 aromatic rings. The number of piperidine rings is 1. The Labute approximate surface area is 157 Å². The summed E-state index contributed by atoms with van der Waals surface area (Å²) in [5.74, 6) is -0.899. The zero-order valence-electron chi connectivity index (χ0n) is 15.8. The molecule has 0 aromatic heterocycles.